The van der Waals surface area contributed by atoms with E-state index < -0.39 is 0 Å². The fraction of sp³-hybridized carbons (Fsp3) is 0. The van der Waals surface area contributed by atoms with E-state index in [1.807, 2.05) is 0 Å². The van der Waals surface area contributed by atoms with E-state index in [9.17, 15) is 0 Å². The van der Waals surface area contributed by atoms with Crippen molar-refractivity contribution in [1.29, 1.82) is 0 Å². The monoisotopic (exact) mass is 147 g/mol. The van der Waals surface area contributed by atoms with E-state index >= 15 is 0 Å². The Kier molecular flexibility index (Phi) is 82.7. The van der Waals surface area contributed by atoms with Crippen LogP contribution >= 0.6 is 0 Å². The second-order valence-corrected chi connectivity index (χ2v) is 0. The summed E-state index contributed by atoms with van der Waals surface area (Å²) in [4.78, 5) is 0. The van der Waals surface area contributed by atoms with Crippen molar-refractivity contribution in [3.63, 3.8) is 0 Å². The van der Waals surface area contributed by atoms with Gasteiger partial charge in [-0.25, -0.2) is 0 Å². The van der Waals surface area contributed by atoms with Gasteiger partial charge in [0.05, 0.1) is 0 Å². The molecule has 21 valence electrons. The maximum Gasteiger partial charge on any atom is 0 e. The average molecular weight is 147 g/mol. The molecule has 0 amide bonds. The SMILES string of the molecule is [NaH].[O]=[Co].[Ti]. The van der Waals surface area contributed by atoms with E-state index in [2.05, 4.69) is 15.7 Å². The molecule has 0 fully saturated rings. The van der Waals surface area contributed by atoms with E-state index in [0.717, 1.165) is 0 Å². The molecule has 0 saturated heterocycles. The van der Waals surface area contributed by atoms with Gasteiger partial charge in [0.1, 0.15) is 0 Å². The van der Waals surface area contributed by atoms with Gasteiger partial charge in [0.15, 0.2) is 0 Å². The fourth-order valence-electron chi connectivity index (χ4n) is 0. The zero-order valence-electron chi connectivity index (χ0n) is 1.24. The Balaban J connectivity index is -0.00000000500. The van der Waals surface area contributed by atoms with Gasteiger partial charge in [0.25, 0.3) is 0 Å². The molecule has 0 N–H and O–H groups in total. The smallest absolute Gasteiger partial charge is 0 e. The molecule has 0 aliphatic carbocycles. The van der Waals surface area contributed by atoms with E-state index in [0.29, 0.717) is 0 Å². The molecule has 0 bridgehead atoms. The maximum absolute atomic E-state index is 7.94. The third-order valence-corrected chi connectivity index (χ3v) is 0. The third kappa shape index (κ3) is 8.98. The van der Waals surface area contributed by atoms with Crippen LogP contribution < -0.4 is 0 Å². The molecule has 0 rings (SSSR count). The van der Waals surface area contributed by atoms with E-state index in [-0.39, 0.29) is 51.3 Å². The molecule has 0 aromatic carbocycles. The molecule has 1 nitrogen and oxygen atoms in total. The fourth-order valence-corrected chi connectivity index (χ4v) is 0. The summed E-state index contributed by atoms with van der Waals surface area (Å²) in [5, 5.41) is 0. The molecule has 0 aliphatic heterocycles. The van der Waals surface area contributed by atoms with Crippen LogP contribution in [0.15, 0.2) is 0 Å². The summed E-state index contributed by atoms with van der Waals surface area (Å²) in [6.45, 7) is 0. The normalized spacial score (nSPS) is 1.25. The predicted octanol–water partition coefficient (Wildman–Crippen LogP) is -0.772. The van der Waals surface area contributed by atoms with E-state index in [4.69, 9.17) is 3.87 Å². The van der Waals surface area contributed by atoms with Gasteiger partial charge in [-0.2, -0.15) is 0 Å². The molecule has 0 radical (unpaired) electrons. The molecule has 0 aromatic heterocycles. The minimum atomic E-state index is 0. The van der Waals surface area contributed by atoms with Crippen molar-refractivity contribution >= 4 is 29.6 Å². The summed E-state index contributed by atoms with van der Waals surface area (Å²) in [6.07, 6.45) is 0. The van der Waals surface area contributed by atoms with Crippen molar-refractivity contribution in [1.82, 2.24) is 0 Å². The van der Waals surface area contributed by atoms with Crippen molar-refractivity contribution in [2.24, 2.45) is 0 Å². The summed E-state index contributed by atoms with van der Waals surface area (Å²) in [6, 6.07) is 0. The minimum absolute atomic E-state index is 0. The number of rotatable bonds is 0. The minimum Gasteiger partial charge on any atom is 0 e. The van der Waals surface area contributed by atoms with Crippen molar-refractivity contribution in [3.05, 3.63) is 0 Å². The van der Waals surface area contributed by atoms with Crippen LogP contribution in [0.2, 0.25) is 0 Å². The van der Waals surface area contributed by atoms with Gasteiger partial charge in [-0.15, -0.1) is 0 Å². The van der Waals surface area contributed by atoms with Crippen molar-refractivity contribution in [2.75, 3.05) is 0 Å². The zero-order chi connectivity index (χ0) is 2.00. The Bertz CT molecular complexity index is 8.00. The molecule has 4 heavy (non-hydrogen) atoms. The topological polar surface area (TPSA) is 17.1 Å². The van der Waals surface area contributed by atoms with Gasteiger partial charge in [-0.3, -0.25) is 0 Å². The van der Waals surface area contributed by atoms with Crippen LogP contribution in [0.25, 0.3) is 0 Å². The molecular formula is HCoNaOTi. The zero-order valence-corrected chi connectivity index (χ0v) is 3.84. The third-order valence-electron chi connectivity index (χ3n) is 0. The predicted molar refractivity (Wildman–Crippen MR) is 7.84 cm³/mol. The Morgan fingerprint density at radius 3 is 1.25 bits per heavy atom. The molecule has 0 atom stereocenters. The number of hydrogen-bond donors (Lipinski definition) is 0. The number of hydrogen-bond acceptors (Lipinski definition) is 1. The van der Waals surface area contributed by atoms with Crippen LogP contribution in [0.3, 0.4) is 0 Å². The van der Waals surface area contributed by atoms with Gasteiger partial charge in [-0.1, -0.05) is 0 Å². The first-order valence-electron chi connectivity index (χ1n) is 0.136. The van der Waals surface area contributed by atoms with Gasteiger partial charge in [0.2, 0.25) is 0 Å². The molecular weight excluding hydrogens is 146 g/mol. The molecule has 0 aliphatic rings. The molecule has 0 unspecified atom stereocenters. The molecule has 0 saturated carbocycles. The summed E-state index contributed by atoms with van der Waals surface area (Å²) in [5.41, 5.74) is 0. The van der Waals surface area contributed by atoms with Crippen molar-refractivity contribution in [3.8, 4) is 0 Å². The molecule has 0 heterocycles. The second kappa shape index (κ2) is 19.9. The molecule has 4 heteroatoms. The van der Waals surface area contributed by atoms with Crippen molar-refractivity contribution < 1.29 is 41.3 Å². The first-order valence-corrected chi connectivity index (χ1v) is 0.561. The first-order chi connectivity index (χ1) is 1.00. The largest absolute Gasteiger partial charge is 0 e. The van der Waals surface area contributed by atoms with Crippen LogP contribution in [0.5, 0.6) is 0 Å². The van der Waals surface area contributed by atoms with Gasteiger partial charge >= 0.3 is 49.1 Å². The standard InChI is InChI=1S/Co.Na.O.Ti.H. The van der Waals surface area contributed by atoms with Crippen LogP contribution in [0.1, 0.15) is 0 Å². The maximum atomic E-state index is 7.94. The Labute approximate surface area is 69.9 Å². The van der Waals surface area contributed by atoms with Gasteiger partial charge in [0, 0.05) is 21.7 Å². The van der Waals surface area contributed by atoms with Crippen LogP contribution in [-0.4, -0.2) is 29.6 Å². The summed E-state index contributed by atoms with van der Waals surface area (Å²) < 4.78 is 7.94. The summed E-state index contributed by atoms with van der Waals surface area (Å²) >= 11 is 2.31. The molecule has 0 spiro atoms. The first kappa shape index (κ1) is 16.6. The Morgan fingerprint density at radius 1 is 1.25 bits per heavy atom. The van der Waals surface area contributed by atoms with Gasteiger partial charge in [-0.05, 0) is 0 Å². The quantitative estimate of drug-likeness (QED) is 0.411. The van der Waals surface area contributed by atoms with E-state index in [1.54, 1.807) is 0 Å². The van der Waals surface area contributed by atoms with Crippen LogP contribution in [0.4, 0.5) is 0 Å². The summed E-state index contributed by atoms with van der Waals surface area (Å²) in [7, 11) is 0. The second-order valence-electron chi connectivity index (χ2n) is 0. The molecule has 0 aromatic rings. The average Bonchev–Trinajstić information content (AvgIpc) is 1.00. The van der Waals surface area contributed by atoms with Crippen LogP contribution in [-0.2, 0) is 41.3 Å². The Morgan fingerprint density at radius 2 is 1.25 bits per heavy atom. The van der Waals surface area contributed by atoms with Crippen LogP contribution in [0, 0.1) is 0 Å². The Hall–Kier alpha value is 2.02. The summed E-state index contributed by atoms with van der Waals surface area (Å²) in [5.74, 6) is 0. The van der Waals surface area contributed by atoms with E-state index in [1.165, 1.54) is 0 Å². The van der Waals surface area contributed by atoms with Gasteiger partial charge < -0.3 is 0 Å². The van der Waals surface area contributed by atoms with Crippen molar-refractivity contribution in [2.45, 2.75) is 0 Å².